The smallest absolute Gasteiger partial charge is 0.209 e. The van der Waals surface area contributed by atoms with Gasteiger partial charge < -0.3 is 10.6 Å². The second-order valence-electron chi connectivity index (χ2n) is 6.05. The first kappa shape index (κ1) is 23.5. The zero-order valence-corrected chi connectivity index (χ0v) is 19.0. The van der Waals surface area contributed by atoms with Gasteiger partial charge in [0, 0.05) is 23.5 Å². The van der Waals surface area contributed by atoms with Gasteiger partial charge >= 0.3 is 0 Å². The van der Waals surface area contributed by atoms with Crippen LogP contribution in [0.1, 0.15) is 36.3 Å². The molecule has 0 aliphatic heterocycles. The highest BCUT2D eigenvalue weighted by atomic mass is 127. The van der Waals surface area contributed by atoms with E-state index in [1.54, 1.807) is 11.3 Å². The summed E-state index contributed by atoms with van der Waals surface area (Å²) in [6.45, 7) is 11.3. The molecule has 0 saturated carbocycles. The van der Waals surface area contributed by atoms with Crippen LogP contribution in [-0.4, -0.2) is 44.2 Å². The Balaban J connectivity index is 0.00000529. The summed E-state index contributed by atoms with van der Waals surface area (Å²) < 4.78 is 25.4. The molecule has 1 heterocycles. The minimum atomic E-state index is -3.26. The maximum absolute atomic E-state index is 11.4. The largest absolute Gasteiger partial charge is 0.357 e. The number of nitrogens with zero attached hydrogens (tertiary/aromatic N) is 2. The van der Waals surface area contributed by atoms with Crippen LogP contribution in [0.5, 0.6) is 0 Å². The molecule has 140 valence electrons. The monoisotopic (exact) mass is 489 g/mol. The molecular weight excluding hydrogens is 461 g/mol. The summed E-state index contributed by atoms with van der Waals surface area (Å²) in [5, 5.41) is 7.37. The van der Waals surface area contributed by atoms with E-state index in [1.165, 1.54) is 0 Å². The Labute approximate surface area is 166 Å². The lowest BCUT2D eigenvalue weighted by atomic mass is 10.1. The van der Waals surface area contributed by atoms with E-state index in [0.29, 0.717) is 19.0 Å². The van der Waals surface area contributed by atoms with Gasteiger partial charge in [-0.2, -0.15) is 0 Å². The number of rotatable bonds is 7. The molecule has 0 amide bonds. The fourth-order valence-corrected chi connectivity index (χ4v) is 3.99. The molecule has 0 saturated heterocycles. The molecule has 0 bridgehead atoms. The Morgan fingerprint density at radius 3 is 2.38 bits per heavy atom. The van der Waals surface area contributed by atoms with E-state index in [1.807, 2.05) is 34.6 Å². The molecule has 1 aromatic heterocycles. The van der Waals surface area contributed by atoms with Crippen molar-refractivity contribution in [3.05, 3.63) is 15.6 Å². The van der Waals surface area contributed by atoms with Crippen molar-refractivity contribution >= 4 is 51.3 Å². The summed E-state index contributed by atoms with van der Waals surface area (Å²) in [5.74, 6) is 0.654. The van der Waals surface area contributed by atoms with Crippen molar-refractivity contribution in [3.8, 4) is 0 Å². The molecule has 24 heavy (non-hydrogen) atoms. The topological polar surface area (TPSA) is 95.5 Å². The molecule has 3 N–H and O–H groups in total. The Bertz CT molecular complexity index is 656. The summed E-state index contributed by atoms with van der Waals surface area (Å²) in [7, 11) is -3.26. The molecule has 0 atom stereocenters. The molecule has 0 aliphatic rings. The van der Waals surface area contributed by atoms with Crippen LogP contribution in [0, 0.1) is 13.8 Å². The van der Waals surface area contributed by atoms with Gasteiger partial charge in [0.05, 0.1) is 23.5 Å². The first-order chi connectivity index (χ1) is 10.5. The van der Waals surface area contributed by atoms with Crippen molar-refractivity contribution in [1.82, 2.24) is 20.3 Å². The van der Waals surface area contributed by atoms with E-state index in [-0.39, 0.29) is 24.0 Å². The maximum atomic E-state index is 11.4. The van der Waals surface area contributed by atoms with Crippen LogP contribution < -0.4 is 15.4 Å². The number of sulfonamides is 1. The van der Waals surface area contributed by atoms with Gasteiger partial charge in [0.15, 0.2) is 5.96 Å². The molecule has 0 spiro atoms. The van der Waals surface area contributed by atoms with Gasteiger partial charge in [-0.05, 0) is 34.6 Å². The Hall–Kier alpha value is -0.460. The number of aryl methyl sites for hydroxylation is 2. The molecule has 1 aromatic rings. The number of aliphatic imine (C=N–C) groups is 1. The minimum absolute atomic E-state index is 0. The molecular formula is C14H28IN5O2S2. The van der Waals surface area contributed by atoms with Crippen LogP contribution in [0.3, 0.4) is 0 Å². The van der Waals surface area contributed by atoms with Crippen LogP contribution in [0.2, 0.25) is 0 Å². The van der Waals surface area contributed by atoms with Gasteiger partial charge in [0.2, 0.25) is 10.0 Å². The number of halogens is 1. The number of thiazole rings is 1. The highest BCUT2D eigenvalue weighted by Crippen LogP contribution is 2.17. The van der Waals surface area contributed by atoms with E-state index >= 15 is 0 Å². The molecule has 0 fully saturated rings. The number of aromatic nitrogens is 1. The first-order valence-electron chi connectivity index (χ1n) is 7.46. The second-order valence-corrected chi connectivity index (χ2v) is 9.08. The van der Waals surface area contributed by atoms with Gasteiger partial charge in [0.1, 0.15) is 0 Å². The lowest BCUT2D eigenvalue weighted by Crippen LogP contribution is -2.53. The molecule has 1 rings (SSSR count). The standard InChI is InChI=1S/C14H27N5O2S2.HI/c1-7-15-13(16-8-12-10(2)18-11(3)22-12)17-9-14(4,5)19-23(6,20)21;/h19H,7-9H2,1-6H3,(H2,15,16,17);1H. The fourth-order valence-electron chi connectivity index (χ4n) is 2.06. The van der Waals surface area contributed by atoms with Crippen LogP contribution >= 0.6 is 35.3 Å². The van der Waals surface area contributed by atoms with Crippen molar-refractivity contribution in [1.29, 1.82) is 0 Å². The quantitative estimate of drug-likeness (QED) is 0.308. The van der Waals surface area contributed by atoms with Crippen molar-refractivity contribution < 1.29 is 8.42 Å². The summed E-state index contributed by atoms with van der Waals surface area (Å²) in [4.78, 5) is 10.1. The number of guanidine groups is 1. The molecule has 0 aromatic carbocycles. The van der Waals surface area contributed by atoms with Crippen LogP contribution in [0.15, 0.2) is 4.99 Å². The Kier molecular flexibility index (Phi) is 9.69. The summed E-state index contributed by atoms with van der Waals surface area (Å²) >= 11 is 1.64. The zero-order valence-electron chi connectivity index (χ0n) is 15.1. The Morgan fingerprint density at radius 2 is 1.92 bits per heavy atom. The highest BCUT2D eigenvalue weighted by Gasteiger charge is 2.22. The average molecular weight is 489 g/mol. The van der Waals surface area contributed by atoms with Crippen molar-refractivity contribution in [2.45, 2.75) is 46.7 Å². The van der Waals surface area contributed by atoms with E-state index in [2.05, 4.69) is 25.3 Å². The van der Waals surface area contributed by atoms with Crippen LogP contribution in [-0.2, 0) is 16.6 Å². The molecule has 10 heteroatoms. The number of hydrogen-bond acceptors (Lipinski definition) is 5. The van der Waals surface area contributed by atoms with E-state index < -0.39 is 15.6 Å². The summed E-state index contributed by atoms with van der Waals surface area (Å²) in [5.41, 5.74) is 0.395. The highest BCUT2D eigenvalue weighted by molar-refractivity contribution is 14.0. The third kappa shape index (κ3) is 9.14. The minimum Gasteiger partial charge on any atom is -0.357 e. The first-order valence-corrected chi connectivity index (χ1v) is 10.2. The zero-order chi connectivity index (χ0) is 17.7. The van der Waals surface area contributed by atoms with Crippen LogP contribution in [0.4, 0.5) is 0 Å². The van der Waals surface area contributed by atoms with E-state index in [9.17, 15) is 8.42 Å². The van der Waals surface area contributed by atoms with Gasteiger partial charge in [-0.15, -0.1) is 35.3 Å². The predicted molar refractivity (Wildman–Crippen MR) is 112 cm³/mol. The summed E-state index contributed by atoms with van der Waals surface area (Å²) in [6.07, 6.45) is 1.16. The van der Waals surface area contributed by atoms with Gasteiger partial charge in [-0.25, -0.2) is 23.1 Å². The summed E-state index contributed by atoms with van der Waals surface area (Å²) in [6, 6.07) is 0. The third-order valence-electron chi connectivity index (χ3n) is 2.88. The van der Waals surface area contributed by atoms with Gasteiger partial charge in [-0.3, -0.25) is 0 Å². The fraction of sp³-hybridized carbons (Fsp3) is 0.714. The van der Waals surface area contributed by atoms with Crippen LogP contribution in [0.25, 0.3) is 0 Å². The van der Waals surface area contributed by atoms with Crippen molar-refractivity contribution in [2.24, 2.45) is 4.99 Å². The van der Waals surface area contributed by atoms with Crippen molar-refractivity contribution in [2.75, 3.05) is 19.3 Å². The lowest BCUT2D eigenvalue weighted by molar-refractivity contribution is 0.446. The maximum Gasteiger partial charge on any atom is 0.209 e. The average Bonchev–Trinajstić information content (AvgIpc) is 2.68. The SMILES string of the molecule is CCNC(=NCc1sc(C)nc1C)NCC(C)(C)NS(C)(=O)=O.I. The normalized spacial score (nSPS) is 12.7. The van der Waals surface area contributed by atoms with Gasteiger partial charge in [-0.1, -0.05) is 0 Å². The number of hydrogen-bond donors (Lipinski definition) is 3. The van der Waals surface area contributed by atoms with E-state index in [4.69, 9.17) is 0 Å². The molecule has 0 aliphatic carbocycles. The van der Waals surface area contributed by atoms with E-state index in [0.717, 1.165) is 28.4 Å². The van der Waals surface area contributed by atoms with Gasteiger partial charge in [0.25, 0.3) is 0 Å². The Morgan fingerprint density at radius 1 is 1.29 bits per heavy atom. The number of nitrogens with one attached hydrogen (secondary N) is 3. The molecule has 0 unspecified atom stereocenters. The second kappa shape index (κ2) is 9.88. The molecule has 7 nitrogen and oxygen atoms in total. The third-order valence-corrected chi connectivity index (χ3v) is 4.87. The predicted octanol–water partition coefficient (Wildman–Crippen LogP) is 1.76. The van der Waals surface area contributed by atoms with Crippen molar-refractivity contribution in [3.63, 3.8) is 0 Å². The molecule has 0 radical (unpaired) electrons. The lowest BCUT2D eigenvalue weighted by Gasteiger charge is -2.26.